The number of hydrogen-bond donors (Lipinski definition) is 2. The SMILES string of the molecule is CC(C)(C)C1=CC[C-]=C1CCC1=[C-]CC=C1C(C)(C)C.Oc1ccc(C(F)(F)F)cc1.Oc1ccc(C(F)(F)F)cc1.[Zr+2]. The fourth-order valence-electron chi connectivity index (χ4n) is 4.50. The van der Waals surface area contributed by atoms with Gasteiger partial charge in [-0.2, -0.15) is 49.6 Å². The Morgan fingerprint density at radius 3 is 1.07 bits per heavy atom. The van der Waals surface area contributed by atoms with E-state index in [9.17, 15) is 26.3 Å². The van der Waals surface area contributed by atoms with Crippen molar-refractivity contribution in [2.45, 2.75) is 79.6 Å². The molecule has 2 N–H and O–H groups in total. The molecule has 0 atom stereocenters. The Labute approximate surface area is 270 Å². The van der Waals surface area contributed by atoms with Gasteiger partial charge in [-0.25, -0.2) is 11.1 Å². The van der Waals surface area contributed by atoms with Gasteiger partial charge in [-0.15, -0.1) is 12.8 Å². The number of aromatic hydroxyl groups is 2. The third-order valence-electron chi connectivity index (χ3n) is 6.52. The largest absolute Gasteiger partial charge is 2.00 e. The zero-order valence-electron chi connectivity index (χ0n) is 25.3. The molecule has 2 nitrogen and oxygen atoms in total. The number of phenols is 2. The van der Waals surface area contributed by atoms with Gasteiger partial charge in [-0.05, 0) is 48.5 Å². The number of allylic oxidation sites excluding steroid dienone is 8. The van der Waals surface area contributed by atoms with E-state index in [1.165, 1.54) is 22.3 Å². The molecule has 0 unspecified atom stereocenters. The van der Waals surface area contributed by atoms with Gasteiger partial charge >= 0.3 is 38.6 Å². The first-order chi connectivity index (χ1) is 19.2. The molecule has 232 valence electrons. The molecule has 0 radical (unpaired) electrons. The Morgan fingerprint density at radius 1 is 0.558 bits per heavy atom. The molecule has 2 aliphatic carbocycles. The minimum absolute atomic E-state index is 0. The van der Waals surface area contributed by atoms with Crippen LogP contribution in [-0.4, -0.2) is 10.2 Å². The van der Waals surface area contributed by atoms with Gasteiger partial charge in [-0.3, -0.25) is 12.2 Å². The molecule has 0 aliphatic heterocycles. The van der Waals surface area contributed by atoms with Gasteiger partial charge in [0.1, 0.15) is 11.5 Å². The first-order valence-electron chi connectivity index (χ1n) is 13.5. The minimum atomic E-state index is -4.33. The molecule has 43 heavy (non-hydrogen) atoms. The van der Waals surface area contributed by atoms with Crippen molar-refractivity contribution in [1.29, 1.82) is 0 Å². The number of phenolic OH excluding ortho intramolecular Hbond substituents is 2. The van der Waals surface area contributed by atoms with E-state index in [2.05, 4.69) is 65.8 Å². The summed E-state index contributed by atoms with van der Waals surface area (Å²) in [6.07, 6.45) is 7.36. The van der Waals surface area contributed by atoms with Gasteiger partial charge in [-0.1, -0.05) is 65.2 Å². The summed E-state index contributed by atoms with van der Waals surface area (Å²) in [5, 5.41) is 17.3. The Hall–Kier alpha value is -2.54. The third-order valence-corrected chi connectivity index (χ3v) is 6.52. The number of benzene rings is 2. The van der Waals surface area contributed by atoms with Crippen molar-refractivity contribution < 1.29 is 62.8 Å². The summed E-state index contributed by atoms with van der Waals surface area (Å²) in [5.41, 5.74) is 4.85. The molecule has 2 aromatic carbocycles. The van der Waals surface area contributed by atoms with Gasteiger partial charge in [0.15, 0.2) is 0 Å². The summed E-state index contributed by atoms with van der Waals surface area (Å²) < 4.78 is 71.0. The van der Waals surface area contributed by atoms with E-state index in [1.54, 1.807) is 0 Å². The van der Waals surface area contributed by atoms with E-state index in [1.807, 2.05) is 0 Å². The van der Waals surface area contributed by atoms with Crippen LogP contribution >= 0.6 is 0 Å². The average molecular weight is 684 g/mol. The molecule has 4 rings (SSSR count). The van der Waals surface area contributed by atoms with Crippen LogP contribution in [0.25, 0.3) is 0 Å². The zero-order chi connectivity index (χ0) is 31.9. The molecule has 2 aromatic rings. The van der Waals surface area contributed by atoms with Gasteiger partial charge in [0, 0.05) is 0 Å². The molecule has 0 bridgehead atoms. The van der Waals surface area contributed by atoms with Crippen molar-refractivity contribution >= 4 is 0 Å². The van der Waals surface area contributed by atoms with E-state index < -0.39 is 23.5 Å². The topological polar surface area (TPSA) is 40.5 Å². The van der Waals surface area contributed by atoms with Crippen LogP contribution < -0.4 is 0 Å². The number of alkyl halides is 6. The van der Waals surface area contributed by atoms with E-state index in [0.29, 0.717) is 0 Å². The van der Waals surface area contributed by atoms with Crippen molar-refractivity contribution in [3.8, 4) is 11.5 Å². The summed E-state index contributed by atoms with van der Waals surface area (Å²) >= 11 is 0. The van der Waals surface area contributed by atoms with Crippen molar-refractivity contribution in [3.63, 3.8) is 0 Å². The summed E-state index contributed by atoms with van der Waals surface area (Å²) in [5.74, 6) is -0.337. The monoisotopic (exact) mass is 682 g/mol. The summed E-state index contributed by atoms with van der Waals surface area (Å²) in [6, 6.07) is 7.33. The Bertz CT molecular complexity index is 1200. The summed E-state index contributed by atoms with van der Waals surface area (Å²) in [7, 11) is 0. The number of hydrogen-bond acceptors (Lipinski definition) is 2. The van der Waals surface area contributed by atoms with E-state index >= 15 is 0 Å². The molecule has 2 aliphatic rings. The quantitative estimate of drug-likeness (QED) is 0.250. The van der Waals surface area contributed by atoms with E-state index in [0.717, 1.165) is 74.2 Å². The average Bonchev–Trinajstić information content (AvgIpc) is 3.52. The van der Waals surface area contributed by atoms with Crippen LogP contribution in [0, 0.1) is 23.0 Å². The molecular formula is C34H38F6O2Zr. The van der Waals surface area contributed by atoms with Crippen molar-refractivity contribution in [2.75, 3.05) is 0 Å². The maximum absolute atomic E-state index is 11.8. The molecule has 0 heterocycles. The Kier molecular flexibility index (Phi) is 13.8. The van der Waals surface area contributed by atoms with Crippen LogP contribution in [0.4, 0.5) is 26.3 Å². The molecule has 0 spiro atoms. The standard InChI is InChI=1S/C20H28.2C7H5F3O.Zr/c1-19(2,3)17-11-7-9-15(17)13-14-16-10-8-12-18(16)20(4,5)6;2*8-7(9,10)5-1-3-6(11)4-2-5;/h11-12H,7-8,13-14H2,1-6H3;2*1-4,11H;/q-2;;;+2. The number of halogens is 6. The van der Waals surface area contributed by atoms with Crippen molar-refractivity contribution in [1.82, 2.24) is 0 Å². The molecule has 9 heteroatoms. The fourth-order valence-corrected chi connectivity index (χ4v) is 4.50. The predicted octanol–water partition coefficient (Wildman–Crippen LogP) is 10.8. The Balaban J connectivity index is 0.000000344. The molecule has 0 aromatic heterocycles. The van der Waals surface area contributed by atoms with E-state index in [-0.39, 0.29) is 48.5 Å². The normalized spacial score (nSPS) is 15.1. The van der Waals surface area contributed by atoms with Gasteiger partial charge in [0.25, 0.3) is 0 Å². The molecule has 0 saturated carbocycles. The summed E-state index contributed by atoms with van der Waals surface area (Å²) in [4.78, 5) is 0. The van der Waals surface area contributed by atoms with E-state index in [4.69, 9.17) is 10.2 Å². The van der Waals surface area contributed by atoms with Crippen LogP contribution in [0.5, 0.6) is 11.5 Å². The van der Waals surface area contributed by atoms with Crippen molar-refractivity contribution in [2.24, 2.45) is 10.8 Å². The molecule has 0 saturated heterocycles. The zero-order valence-corrected chi connectivity index (χ0v) is 27.7. The second kappa shape index (κ2) is 15.5. The predicted molar refractivity (Wildman–Crippen MR) is 153 cm³/mol. The van der Waals surface area contributed by atoms with Crippen molar-refractivity contribution in [3.05, 3.63) is 106 Å². The Morgan fingerprint density at radius 2 is 0.837 bits per heavy atom. The first-order valence-corrected chi connectivity index (χ1v) is 13.5. The van der Waals surface area contributed by atoms with Crippen LogP contribution in [0.15, 0.2) is 83.0 Å². The van der Waals surface area contributed by atoms with Gasteiger partial charge in [0.05, 0.1) is 11.1 Å². The summed E-state index contributed by atoms with van der Waals surface area (Å²) in [6.45, 7) is 13.8. The maximum Gasteiger partial charge on any atom is 2.00 e. The van der Waals surface area contributed by atoms with Crippen LogP contribution in [0.2, 0.25) is 0 Å². The number of rotatable bonds is 3. The molecular weight excluding hydrogens is 646 g/mol. The maximum atomic E-state index is 11.8. The smallest absolute Gasteiger partial charge is 0.508 e. The van der Waals surface area contributed by atoms with Gasteiger partial charge in [0.2, 0.25) is 0 Å². The van der Waals surface area contributed by atoms with Gasteiger partial charge < -0.3 is 10.2 Å². The fraction of sp³-hybridized carbons (Fsp3) is 0.412. The minimum Gasteiger partial charge on any atom is -0.508 e. The molecule has 0 fully saturated rings. The van der Waals surface area contributed by atoms with Crippen LogP contribution in [0.1, 0.15) is 78.4 Å². The first kappa shape index (κ1) is 38.5. The third kappa shape index (κ3) is 12.5. The second-order valence-corrected chi connectivity index (χ2v) is 12.0. The molecule has 0 amide bonds. The second-order valence-electron chi connectivity index (χ2n) is 12.0. The van der Waals surface area contributed by atoms with Crippen LogP contribution in [-0.2, 0) is 38.6 Å². The van der Waals surface area contributed by atoms with Crippen LogP contribution in [0.3, 0.4) is 0 Å².